The van der Waals surface area contributed by atoms with Crippen molar-refractivity contribution >= 4 is 29.0 Å². The van der Waals surface area contributed by atoms with Gasteiger partial charge >= 0.3 is 29.0 Å². The molecule has 0 aliphatic carbocycles. The highest BCUT2D eigenvalue weighted by Gasteiger charge is 1.96. The van der Waals surface area contributed by atoms with E-state index in [0.29, 0.717) is 6.42 Å². The van der Waals surface area contributed by atoms with Gasteiger partial charge in [-0.2, -0.15) is 0 Å². The van der Waals surface area contributed by atoms with E-state index in [2.05, 4.69) is 6.92 Å². The van der Waals surface area contributed by atoms with E-state index in [4.69, 9.17) is 5.11 Å². The van der Waals surface area contributed by atoms with Gasteiger partial charge in [-0.05, 0) is 6.42 Å². The maximum atomic E-state index is 10.2. The summed E-state index contributed by atoms with van der Waals surface area (Å²) >= 11 is 0. The number of unbranched alkanes of at least 4 members (excludes halogenated alkanes) is 9. The number of aliphatic carboxylic acids is 1. The Kier molecular flexibility index (Phi) is 17.7. The number of rotatable bonds is 11. The number of carboxylic acid groups (broad SMARTS) is 1. The van der Waals surface area contributed by atoms with Crippen molar-refractivity contribution in [1.82, 2.24) is 0 Å². The van der Waals surface area contributed by atoms with Crippen molar-refractivity contribution < 1.29 is 9.90 Å². The lowest BCUT2D eigenvalue weighted by Crippen LogP contribution is -1.93. The molecule has 3 heteroatoms. The number of hydrogen-bond acceptors (Lipinski definition) is 1. The van der Waals surface area contributed by atoms with Crippen molar-refractivity contribution in [2.24, 2.45) is 0 Å². The molecular weight excluding hydrogens is 212 g/mol. The van der Waals surface area contributed by atoms with Crippen LogP contribution in [-0.4, -0.2) is 34.1 Å². The quantitative estimate of drug-likeness (QED) is 0.444. The lowest BCUT2D eigenvalue weighted by molar-refractivity contribution is -0.137. The number of carboxylic acids is 1. The third-order valence-corrected chi connectivity index (χ3v) is 2.74. The SMILES string of the molecule is CCCCCCCCCCCCC(=O)O.[MgH2]. The lowest BCUT2D eigenvalue weighted by Gasteiger charge is -2.01. The summed E-state index contributed by atoms with van der Waals surface area (Å²) in [4.78, 5) is 10.2. The highest BCUT2D eigenvalue weighted by Crippen LogP contribution is 2.10. The van der Waals surface area contributed by atoms with Crippen LogP contribution in [0.4, 0.5) is 0 Å². The first kappa shape index (κ1) is 18.6. The third-order valence-electron chi connectivity index (χ3n) is 2.74. The molecule has 0 aromatic rings. The smallest absolute Gasteiger partial charge is 0.316 e. The minimum absolute atomic E-state index is 0. The minimum atomic E-state index is -0.658. The van der Waals surface area contributed by atoms with Crippen molar-refractivity contribution in [3.8, 4) is 0 Å². The molecule has 0 aliphatic heterocycles. The Bertz CT molecular complexity index is 149. The molecular formula is C13H28MgO2. The lowest BCUT2D eigenvalue weighted by atomic mass is 10.1. The molecule has 16 heavy (non-hydrogen) atoms. The van der Waals surface area contributed by atoms with Crippen LogP contribution in [0.3, 0.4) is 0 Å². The van der Waals surface area contributed by atoms with E-state index in [1.807, 2.05) is 0 Å². The van der Waals surface area contributed by atoms with Crippen LogP contribution in [0.15, 0.2) is 0 Å². The average Bonchev–Trinajstić information content (AvgIpc) is 2.20. The first-order valence-corrected chi connectivity index (χ1v) is 6.49. The second kappa shape index (κ2) is 15.2. The van der Waals surface area contributed by atoms with Gasteiger partial charge in [0.05, 0.1) is 0 Å². The molecule has 0 amide bonds. The highest BCUT2D eigenvalue weighted by molar-refractivity contribution is 5.75. The maximum Gasteiger partial charge on any atom is 0.316 e. The van der Waals surface area contributed by atoms with Gasteiger partial charge in [0.25, 0.3) is 0 Å². The monoisotopic (exact) mass is 240 g/mol. The molecule has 0 aromatic carbocycles. The van der Waals surface area contributed by atoms with Crippen molar-refractivity contribution in [1.29, 1.82) is 0 Å². The second-order valence-electron chi connectivity index (χ2n) is 4.33. The van der Waals surface area contributed by atoms with Gasteiger partial charge in [0.2, 0.25) is 0 Å². The Hall–Kier alpha value is 0.236. The molecule has 0 atom stereocenters. The van der Waals surface area contributed by atoms with Crippen LogP contribution >= 0.6 is 0 Å². The van der Waals surface area contributed by atoms with Gasteiger partial charge in [0, 0.05) is 6.42 Å². The van der Waals surface area contributed by atoms with Crippen LogP contribution in [0.25, 0.3) is 0 Å². The molecule has 94 valence electrons. The first-order valence-electron chi connectivity index (χ1n) is 6.49. The van der Waals surface area contributed by atoms with Crippen molar-refractivity contribution in [2.75, 3.05) is 0 Å². The Labute approximate surface area is 116 Å². The second-order valence-corrected chi connectivity index (χ2v) is 4.33. The summed E-state index contributed by atoms with van der Waals surface area (Å²) in [7, 11) is 0. The molecule has 0 heterocycles. The molecule has 0 aromatic heterocycles. The maximum absolute atomic E-state index is 10.2. The fourth-order valence-electron chi connectivity index (χ4n) is 1.76. The fraction of sp³-hybridized carbons (Fsp3) is 0.923. The minimum Gasteiger partial charge on any atom is -0.481 e. The van der Waals surface area contributed by atoms with E-state index in [1.54, 1.807) is 0 Å². The van der Waals surface area contributed by atoms with E-state index in [-0.39, 0.29) is 23.1 Å². The molecule has 0 fully saturated rings. The van der Waals surface area contributed by atoms with Crippen LogP contribution in [0.2, 0.25) is 0 Å². The zero-order chi connectivity index (χ0) is 11.4. The van der Waals surface area contributed by atoms with Crippen LogP contribution in [-0.2, 0) is 4.79 Å². The van der Waals surface area contributed by atoms with Crippen LogP contribution < -0.4 is 0 Å². The summed E-state index contributed by atoms with van der Waals surface area (Å²) in [6.45, 7) is 2.24. The van der Waals surface area contributed by atoms with Gasteiger partial charge in [-0.15, -0.1) is 0 Å². The van der Waals surface area contributed by atoms with Crippen LogP contribution in [0.1, 0.15) is 77.6 Å². The number of hydrogen-bond donors (Lipinski definition) is 1. The van der Waals surface area contributed by atoms with E-state index >= 15 is 0 Å². The van der Waals surface area contributed by atoms with Crippen molar-refractivity contribution in [3.05, 3.63) is 0 Å². The topological polar surface area (TPSA) is 37.3 Å². The molecule has 0 unspecified atom stereocenters. The van der Waals surface area contributed by atoms with Gasteiger partial charge in [-0.1, -0.05) is 64.7 Å². The molecule has 2 nitrogen and oxygen atoms in total. The zero-order valence-electron chi connectivity index (χ0n) is 10.1. The predicted molar refractivity (Wildman–Crippen MR) is 72.6 cm³/mol. The molecule has 0 rings (SSSR count). The summed E-state index contributed by atoms with van der Waals surface area (Å²) in [5.74, 6) is -0.658. The summed E-state index contributed by atoms with van der Waals surface area (Å²) in [5, 5.41) is 8.44. The van der Waals surface area contributed by atoms with Gasteiger partial charge in [0.1, 0.15) is 0 Å². The normalized spacial score (nSPS) is 9.81. The summed E-state index contributed by atoms with van der Waals surface area (Å²) in [6.07, 6.45) is 12.9. The van der Waals surface area contributed by atoms with E-state index < -0.39 is 5.97 Å². The van der Waals surface area contributed by atoms with Crippen molar-refractivity contribution in [2.45, 2.75) is 77.6 Å². The van der Waals surface area contributed by atoms with Gasteiger partial charge in [0.15, 0.2) is 0 Å². The van der Waals surface area contributed by atoms with E-state index in [1.165, 1.54) is 51.4 Å². The molecule has 0 bridgehead atoms. The fourth-order valence-corrected chi connectivity index (χ4v) is 1.76. The molecule has 0 radical (unpaired) electrons. The Morgan fingerprint density at radius 2 is 1.19 bits per heavy atom. The van der Waals surface area contributed by atoms with Gasteiger partial charge in [-0.3, -0.25) is 4.79 Å². The summed E-state index contributed by atoms with van der Waals surface area (Å²) in [5.41, 5.74) is 0. The largest absolute Gasteiger partial charge is 0.481 e. The van der Waals surface area contributed by atoms with E-state index in [9.17, 15) is 4.79 Å². The Morgan fingerprint density at radius 1 is 0.812 bits per heavy atom. The number of carbonyl (C=O) groups is 1. The molecule has 1 N–H and O–H groups in total. The highest BCUT2D eigenvalue weighted by atomic mass is 24.3. The average molecular weight is 241 g/mol. The van der Waals surface area contributed by atoms with Crippen molar-refractivity contribution in [3.63, 3.8) is 0 Å². The molecule has 0 spiro atoms. The summed E-state index contributed by atoms with van der Waals surface area (Å²) in [6, 6.07) is 0. The van der Waals surface area contributed by atoms with Crippen LogP contribution in [0.5, 0.6) is 0 Å². The molecule has 0 saturated carbocycles. The Morgan fingerprint density at radius 3 is 1.56 bits per heavy atom. The Balaban J connectivity index is 0. The standard InChI is InChI=1S/C13H26O2.Mg.2H/c1-2-3-4-5-6-7-8-9-10-11-12-13(14)15;;;/h2-12H2,1H3,(H,14,15);;;. The van der Waals surface area contributed by atoms with E-state index in [0.717, 1.165) is 12.8 Å². The summed E-state index contributed by atoms with van der Waals surface area (Å²) < 4.78 is 0. The van der Waals surface area contributed by atoms with Gasteiger partial charge in [-0.25, -0.2) is 0 Å². The zero-order valence-corrected chi connectivity index (χ0v) is 10.1. The molecule has 0 saturated heterocycles. The predicted octanol–water partition coefficient (Wildman–Crippen LogP) is 3.47. The van der Waals surface area contributed by atoms with Crippen LogP contribution in [0, 0.1) is 0 Å². The first-order chi connectivity index (χ1) is 7.27. The third kappa shape index (κ3) is 16.7. The van der Waals surface area contributed by atoms with Gasteiger partial charge < -0.3 is 5.11 Å². The molecule has 0 aliphatic rings.